The lowest BCUT2D eigenvalue weighted by molar-refractivity contribution is -0.131. The molecule has 0 spiro atoms. The van der Waals surface area contributed by atoms with Gasteiger partial charge >= 0.3 is 5.97 Å². The summed E-state index contributed by atoms with van der Waals surface area (Å²) in [6.07, 6.45) is 0. The molecule has 0 aliphatic heterocycles. The molecule has 0 atom stereocenters. The fourth-order valence-corrected chi connectivity index (χ4v) is 2.16. The Hall–Kier alpha value is -2.58. The van der Waals surface area contributed by atoms with E-state index in [4.69, 9.17) is 9.47 Å². The Morgan fingerprint density at radius 3 is 2.67 bits per heavy atom. The van der Waals surface area contributed by atoms with E-state index >= 15 is 0 Å². The topological polar surface area (TPSA) is 52.6 Å². The fraction of sp³-hybridized carbons (Fsp3) is 0.125. The third-order valence-electron chi connectivity index (χ3n) is 2.51. The second kappa shape index (κ2) is 6.73. The van der Waals surface area contributed by atoms with E-state index < -0.39 is 11.8 Å². The van der Waals surface area contributed by atoms with Crippen LogP contribution in [0.3, 0.4) is 0 Å². The predicted molar refractivity (Wildman–Crippen MR) is 79.8 cm³/mol. The Morgan fingerprint density at radius 2 is 2.05 bits per heavy atom. The van der Waals surface area contributed by atoms with E-state index in [-0.39, 0.29) is 11.3 Å². The van der Waals surface area contributed by atoms with Crippen LogP contribution in [0, 0.1) is 11.8 Å². The van der Waals surface area contributed by atoms with Gasteiger partial charge in [0.1, 0.15) is 11.5 Å². The number of rotatable bonds is 3. The zero-order valence-electron chi connectivity index (χ0n) is 11.5. The highest BCUT2D eigenvalue weighted by Gasteiger charge is 2.14. The number of carbonyl (C=O) groups is 2. The molecule has 21 heavy (non-hydrogen) atoms. The van der Waals surface area contributed by atoms with Crippen molar-refractivity contribution in [3.63, 3.8) is 0 Å². The molecule has 4 nitrogen and oxygen atoms in total. The summed E-state index contributed by atoms with van der Waals surface area (Å²) in [5, 5.41) is 1.88. The normalized spacial score (nSPS) is 9.43. The van der Waals surface area contributed by atoms with E-state index in [0.29, 0.717) is 5.75 Å². The number of carbonyl (C=O) groups excluding carboxylic acids is 2. The number of hydrogen-bond donors (Lipinski definition) is 0. The van der Waals surface area contributed by atoms with Gasteiger partial charge in [0.25, 0.3) is 0 Å². The van der Waals surface area contributed by atoms with Crippen LogP contribution in [0.5, 0.6) is 11.5 Å². The van der Waals surface area contributed by atoms with E-state index in [1.54, 1.807) is 6.07 Å². The minimum atomic E-state index is -0.500. The lowest BCUT2D eigenvalue weighted by atomic mass is 10.1. The van der Waals surface area contributed by atoms with Crippen LogP contribution in [0.2, 0.25) is 0 Å². The first-order valence-electron chi connectivity index (χ1n) is 6.06. The van der Waals surface area contributed by atoms with Crippen molar-refractivity contribution < 1.29 is 19.1 Å². The SMILES string of the molecule is COc1ccc(OC(C)=O)c(C(=O)C#Cc2cccs2)c1. The second-order valence-corrected chi connectivity index (χ2v) is 4.96. The minimum absolute atomic E-state index is 0.175. The second-order valence-electron chi connectivity index (χ2n) is 4.01. The molecule has 0 aliphatic carbocycles. The summed E-state index contributed by atoms with van der Waals surface area (Å²) >= 11 is 1.45. The average Bonchev–Trinajstić information content (AvgIpc) is 2.98. The minimum Gasteiger partial charge on any atom is -0.497 e. The van der Waals surface area contributed by atoms with Crippen LogP contribution in [-0.4, -0.2) is 18.9 Å². The number of benzene rings is 1. The fourth-order valence-electron chi connectivity index (χ4n) is 1.59. The smallest absolute Gasteiger partial charge is 0.308 e. The van der Waals surface area contributed by atoms with Crippen molar-refractivity contribution in [2.45, 2.75) is 6.92 Å². The van der Waals surface area contributed by atoms with E-state index in [1.807, 2.05) is 17.5 Å². The van der Waals surface area contributed by atoms with E-state index in [9.17, 15) is 9.59 Å². The summed E-state index contributed by atoms with van der Waals surface area (Å²) < 4.78 is 10.1. The van der Waals surface area contributed by atoms with Crippen LogP contribution in [0.25, 0.3) is 0 Å². The molecule has 0 unspecified atom stereocenters. The maximum absolute atomic E-state index is 12.2. The van der Waals surface area contributed by atoms with Crippen LogP contribution in [0.1, 0.15) is 22.2 Å². The first-order valence-corrected chi connectivity index (χ1v) is 6.94. The lowest BCUT2D eigenvalue weighted by Crippen LogP contribution is -2.07. The van der Waals surface area contributed by atoms with Crippen molar-refractivity contribution in [3.8, 4) is 23.3 Å². The molecule has 0 radical (unpaired) electrons. The van der Waals surface area contributed by atoms with E-state index in [0.717, 1.165) is 4.88 Å². The zero-order valence-corrected chi connectivity index (χ0v) is 12.3. The Morgan fingerprint density at radius 1 is 1.24 bits per heavy atom. The number of Topliss-reactive ketones (excluding diaryl/α,β-unsaturated/α-hetero) is 1. The van der Waals surface area contributed by atoms with Gasteiger partial charge in [-0.3, -0.25) is 9.59 Å². The van der Waals surface area contributed by atoms with Crippen molar-refractivity contribution in [1.82, 2.24) is 0 Å². The van der Waals surface area contributed by atoms with Gasteiger partial charge in [0.05, 0.1) is 17.6 Å². The van der Waals surface area contributed by atoms with Gasteiger partial charge in [-0.05, 0) is 41.5 Å². The molecular weight excluding hydrogens is 288 g/mol. The van der Waals surface area contributed by atoms with Crippen LogP contribution in [0.4, 0.5) is 0 Å². The lowest BCUT2D eigenvalue weighted by Gasteiger charge is -2.07. The molecule has 1 aromatic heterocycles. The molecule has 1 heterocycles. The van der Waals surface area contributed by atoms with E-state index in [2.05, 4.69) is 11.8 Å². The highest BCUT2D eigenvalue weighted by atomic mass is 32.1. The maximum atomic E-state index is 12.2. The van der Waals surface area contributed by atoms with Gasteiger partial charge in [0.15, 0.2) is 0 Å². The third-order valence-corrected chi connectivity index (χ3v) is 3.29. The van der Waals surface area contributed by atoms with Crippen LogP contribution in [0.15, 0.2) is 35.7 Å². The molecule has 0 saturated carbocycles. The standard InChI is InChI=1S/C16H12O4S/c1-11(17)20-16-8-5-12(19-2)10-14(16)15(18)7-6-13-4-3-9-21-13/h3-5,8-10H,1-2H3. The summed E-state index contributed by atoms with van der Waals surface area (Å²) in [5.74, 6) is 5.06. The van der Waals surface area contributed by atoms with Gasteiger partial charge in [-0.2, -0.15) is 0 Å². The van der Waals surface area contributed by atoms with Crippen LogP contribution >= 0.6 is 11.3 Å². The van der Waals surface area contributed by atoms with Crippen molar-refractivity contribution in [3.05, 3.63) is 46.2 Å². The largest absolute Gasteiger partial charge is 0.497 e. The number of methoxy groups -OCH3 is 1. The number of thiophene rings is 1. The molecule has 0 saturated heterocycles. The third kappa shape index (κ3) is 3.94. The first kappa shape index (κ1) is 14.8. The Kier molecular flexibility index (Phi) is 4.75. The number of ketones is 1. The molecular formula is C16H12O4S. The van der Waals surface area contributed by atoms with Crippen LogP contribution < -0.4 is 9.47 Å². The van der Waals surface area contributed by atoms with Crippen molar-refractivity contribution >= 4 is 23.1 Å². The molecule has 2 rings (SSSR count). The predicted octanol–water partition coefficient (Wildman–Crippen LogP) is 2.92. The quantitative estimate of drug-likeness (QED) is 0.378. The molecule has 0 bridgehead atoms. The monoisotopic (exact) mass is 300 g/mol. The molecule has 106 valence electrons. The van der Waals surface area contributed by atoms with E-state index in [1.165, 1.54) is 37.5 Å². The summed E-state index contributed by atoms with van der Waals surface area (Å²) in [7, 11) is 1.49. The molecule has 0 amide bonds. The van der Waals surface area contributed by atoms with Gasteiger partial charge < -0.3 is 9.47 Å². The van der Waals surface area contributed by atoms with Gasteiger partial charge in [-0.15, -0.1) is 11.3 Å². The van der Waals surface area contributed by atoms with Gasteiger partial charge in [0, 0.05) is 6.92 Å². The molecule has 1 aromatic carbocycles. The highest BCUT2D eigenvalue weighted by molar-refractivity contribution is 7.10. The average molecular weight is 300 g/mol. The summed E-state index contributed by atoms with van der Waals surface area (Å²) in [6.45, 7) is 1.27. The summed E-state index contributed by atoms with van der Waals surface area (Å²) in [4.78, 5) is 24.1. The first-order chi connectivity index (χ1) is 10.1. The van der Waals surface area contributed by atoms with Gasteiger partial charge in [-0.1, -0.05) is 6.07 Å². The Labute approximate surface area is 126 Å². The van der Waals surface area contributed by atoms with Crippen LogP contribution in [-0.2, 0) is 4.79 Å². The van der Waals surface area contributed by atoms with Crippen molar-refractivity contribution in [2.75, 3.05) is 7.11 Å². The summed E-state index contributed by atoms with van der Waals surface area (Å²) in [6, 6.07) is 8.31. The van der Waals surface area contributed by atoms with Crippen molar-refractivity contribution in [2.24, 2.45) is 0 Å². The molecule has 0 fully saturated rings. The Balaban J connectivity index is 2.35. The molecule has 2 aromatic rings. The molecule has 5 heteroatoms. The number of esters is 1. The Bertz CT molecular complexity index is 720. The number of hydrogen-bond acceptors (Lipinski definition) is 5. The van der Waals surface area contributed by atoms with Crippen molar-refractivity contribution in [1.29, 1.82) is 0 Å². The van der Waals surface area contributed by atoms with Gasteiger partial charge in [0.2, 0.25) is 5.78 Å². The number of ether oxygens (including phenoxy) is 2. The highest BCUT2D eigenvalue weighted by Crippen LogP contribution is 2.24. The molecule has 0 aliphatic rings. The van der Waals surface area contributed by atoms with Gasteiger partial charge in [-0.25, -0.2) is 0 Å². The molecule has 0 N–H and O–H groups in total. The zero-order chi connectivity index (χ0) is 15.2. The summed E-state index contributed by atoms with van der Waals surface area (Å²) in [5.41, 5.74) is 0.202. The maximum Gasteiger partial charge on any atom is 0.308 e.